The van der Waals surface area contributed by atoms with Crippen LogP contribution in [0.4, 0.5) is 34.1 Å². The number of para-hydroxylation sites is 2. The van der Waals surface area contributed by atoms with Gasteiger partial charge in [-0.3, -0.25) is 0 Å². The first-order chi connectivity index (χ1) is 18.7. The van der Waals surface area contributed by atoms with Crippen molar-refractivity contribution in [1.82, 2.24) is 0 Å². The van der Waals surface area contributed by atoms with Crippen LogP contribution >= 0.6 is 0 Å². The summed E-state index contributed by atoms with van der Waals surface area (Å²) in [4.78, 5) is 4.65. The van der Waals surface area contributed by atoms with Gasteiger partial charge in [0.1, 0.15) is 0 Å². The lowest BCUT2D eigenvalue weighted by atomic mass is 10.1. The van der Waals surface area contributed by atoms with Crippen LogP contribution in [0.5, 0.6) is 0 Å². The number of anilines is 6. The van der Waals surface area contributed by atoms with Gasteiger partial charge in [0.2, 0.25) is 0 Å². The van der Waals surface area contributed by atoms with Gasteiger partial charge in [0.15, 0.2) is 0 Å². The molecule has 6 rings (SSSR count). The van der Waals surface area contributed by atoms with E-state index in [0.717, 1.165) is 34.1 Å². The van der Waals surface area contributed by atoms with Crippen LogP contribution < -0.4 is 9.80 Å². The first-order valence-electron chi connectivity index (χ1n) is 13.0. The van der Waals surface area contributed by atoms with Crippen LogP contribution in [0.15, 0.2) is 146 Å². The summed E-state index contributed by atoms with van der Waals surface area (Å²) in [5.74, 6) is 0. The molecule has 38 heavy (non-hydrogen) atoms. The average molecular weight is 491 g/mol. The second-order valence-electron chi connectivity index (χ2n) is 9.74. The van der Waals surface area contributed by atoms with E-state index in [-0.39, 0.29) is 0 Å². The second-order valence-corrected chi connectivity index (χ2v) is 9.74. The molecule has 0 heterocycles. The minimum atomic E-state index is 1.14. The molecular weight excluding hydrogens is 460 g/mol. The van der Waals surface area contributed by atoms with Gasteiger partial charge in [-0.25, -0.2) is 0 Å². The fourth-order valence-corrected chi connectivity index (χ4v) is 5.08. The number of aryl methyl sites for hydroxylation is 2. The third kappa shape index (κ3) is 4.77. The molecule has 0 aliphatic heterocycles. The molecule has 0 spiro atoms. The van der Waals surface area contributed by atoms with Crippen molar-refractivity contribution in [2.45, 2.75) is 13.8 Å². The SMILES string of the molecule is Cc1cccc(N(c2ccccc2)c2ccc3cc(N(c4ccccc4)c4cccc(C)c4)ccc3c2)c1. The Morgan fingerprint density at radius 2 is 0.684 bits per heavy atom. The van der Waals surface area contributed by atoms with E-state index in [1.54, 1.807) is 0 Å². The summed E-state index contributed by atoms with van der Waals surface area (Å²) in [5.41, 5.74) is 9.36. The quantitative estimate of drug-likeness (QED) is 0.229. The predicted octanol–water partition coefficient (Wildman–Crippen LogP) is 10.4. The number of nitrogens with zero attached hydrogens (tertiary/aromatic N) is 2. The van der Waals surface area contributed by atoms with Crippen molar-refractivity contribution in [3.63, 3.8) is 0 Å². The molecule has 0 bridgehead atoms. The van der Waals surface area contributed by atoms with E-state index in [2.05, 4.69) is 169 Å². The minimum Gasteiger partial charge on any atom is -0.310 e. The summed E-state index contributed by atoms with van der Waals surface area (Å²) in [5, 5.41) is 2.41. The van der Waals surface area contributed by atoms with Crippen molar-refractivity contribution in [1.29, 1.82) is 0 Å². The third-order valence-corrected chi connectivity index (χ3v) is 6.87. The van der Waals surface area contributed by atoms with Crippen molar-refractivity contribution in [3.05, 3.63) is 157 Å². The first-order valence-corrected chi connectivity index (χ1v) is 13.0. The molecule has 0 saturated carbocycles. The maximum Gasteiger partial charge on any atom is 0.0468 e. The fourth-order valence-electron chi connectivity index (χ4n) is 5.08. The van der Waals surface area contributed by atoms with Crippen molar-refractivity contribution >= 4 is 44.9 Å². The fraction of sp³-hybridized carbons (Fsp3) is 0.0556. The normalized spacial score (nSPS) is 10.9. The van der Waals surface area contributed by atoms with Crippen LogP contribution in [0.3, 0.4) is 0 Å². The molecule has 6 aromatic rings. The zero-order valence-electron chi connectivity index (χ0n) is 21.8. The summed E-state index contributed by atoms with van der Waals surface area (Å²) >= 11 is 0. The molecule has 0 aliphatic rings. The minimum absolute atomic E-state index is 1.14. The lowest BCUT2D eigenvalue weighted by Crippen LogP contribution is -2.10. The lowest BCUT2D eigenvalue weighted by Gasteiger charge is -2.27. The Bertz CT molecular complexity index is 1560. The maximum absolute atomic E-state index is 2.32. The monoisotopic (exact) mass is 490 g/mol. The smallest absolute Gasteiger partial charge is 0.0468 e. The van der Waals surface area contributed by atoms with Gasteiger partial charge in [-0.2, -0.15) is 0 Å². The highest BCUT2D eigenvalue weighted by Crippen LogP contribution is 2.39. The molecule has 0 fully saturated rings. The van der Waals surface area contributed by atoms with Crippen LogP contribution in [-0.2, 0) is 0 Å². The Labute approximate surface area is 225 Å². The molecular formula is C36H30N2. The van der Waals surface area contributed by atoms with E-state index in [4.69, 9.17) is 0 Å². The van der Waals surface area contributed by atoms with E-state index >= 15 is 0 Å². The third-order valence-electron chi connectivity index (χ3n) is 6.87. The predicted molar refractivity (Wildman–Crippen MR) is 163 cm³/mol. The molecule has 0 aliphatic carbocycles. The molecule has 6 aromatic carbocycles. The molecule has 0 aromatic heterocycles. The van der Waals surface area contributed by atoms with Crippen molar-refractivity contribution in [2.75, 3.05) is 9.80 Å². The molecule has 0 unspecified atom stereocenters. The number of rotatable bonds is 6. The summed E-state index contributed by atoms with van der Waals surface area (Å²) in [6.45, 7) is 4.28. The Morgan fingerprint density at radius 1 is 0.316 bits per heavy atom. The highest BCUT2D eigenvalue weighted by molar-refractivity contribution is 5.93. The Hall–Kier alpha value is -4.82. The van der Waals surface area contributed by atoms with Gasteiger partial charge in [0, 0.05) is 34.1 Å². The summed E-state index contributed by atoms with van der Waals surface area (Å²) in [7, 11) is 0. The van der Waals surface area contributed by atoms with Gasteiger partial charge in [-0.05, 0) is 109 Å². The largest absolute Gasteiger partial charge is 0.310 e. The van der Waals surface area contributed by atoms with Gasteiger partial charge < -0.3 is 9.80 Å². The molecule has 0 atom stereocenters. The van der Waals surface area contributed by atoms with E-state index < -0.39 is 0 Å². The first kappa shape index (κ1) is 23.6. The Morgan fingerprint density at radius 3 is 1.08 bits per heavy atom. The van der Waals surface area contributed by atoms with Crippen LogP contribution in [0, 0.1) is 13.8 Å². The van der Waals surface area contributed by atoms with Crippen molar-refractivity contribution < 1.29 is 0 Å². The standard InChI is InChI=1S/C36H30N2/c1-27-11-9-17-33(23-27)37(31-13-5-3-6-14-31)35-21-19-30-26-36(22-20-29(30)25-35)38(32-15-7-4-8-16-32)34-18-10-12-28(2)24-34/h3-26H,1-2H3. The molecule has 184 valence electrons. The molecule has 0 saturated heterocycles. The number of hydrogen-bond acceptors (Lipinski definition) is 2. The zero-order chi connectivity index (χ0) is 25.9. The van der Waals surface area contributed by atoms with Gasteiger partial charge in [-0.1, -0.05) is 72.8 Å². The van der Waals surface area contributed by atoms with Crippen molar-refractivity contribution in [2.24, 2.45) is 0 Å². The topological polar surface area (TPSA) is 6.48 Å². The molecule has 2 nitrogen and oxygen atoms in total. The maximum atomic E-state index is 2.32. The van der Waals surface area contributed by atoms with Gasteiger partial charge >= 0.3 is 0 Å². The highest BCUT2D eigenvalue weighted by Gasteiger charge is 2.15. The zero-order valence-corrected chi connectivity index (χ0v) is 21.8. The van der Waals surface area contributed by atoms with Crippen LogP contribution in [0.25, 0.3) is 10.8 Å². The molecule has 2 heteroatoms. The number of fused-ring (bicyclic) bond motifs is 1. The summed E-state index contributed by atoms with van der Waals surface area (Å²) < 4.78 is 0. The highest BCUT2D eigenvalue weighted by atomic mass is 15.1. The van der Waals surface area contributed by atoms with E-state index in [1.165, 1.54) is 21.9 Å². The van der Waals surface area contributed by atoms with Crippen LogP contribution in [0.2, 0.25) is 0 Å². The lowest BCUT2D eigenvalue weighted by molar-refractivity contribution is 1.27. The van der Waals surface area contributed by atoms with Gasteiger partial charge in [-0.15, -0.1) is 0 Å². The van der Waals surface area contributed by atoms with Crippen LogP contribution in [0.1, 0.15) is 11.1 Å². The molecule has 0 N–H and O–H groups in total. The van der Waals surface area contributed by atoms with E-state index in [0.29, 0.717) is 0 Å². The molecule has 0 radical (unpaired) electrons. The van der Waals surface area contributed by atoms with Gasteiger partial charge in [0.25, 0.3) is 0 Å². The average Bonchev–Trinajstić information content (AvgIpc) is 2.95. The van der Waals surface area contributed by atoms with Crippen LogP contribution in [-0.4, -0.2) is 0 Å². The van der Waals surface area contributed by atoms with E-state index in [1.807, 2.05) is 0 Å². The second kappa shape index (κ2) is 10.3. The summed E-state index contributed by atoms with van der Waals surface area (Å²) in [6.07, 6.45) is 0. The molecule has 0 amide bonds. The number of hydrogen-bond donors (Lipinski definition) is 0. The van der Waals surface area contributed by atoms with Crippen molar-refractivity contribution in [3.8, 4) is 0 Å². The Kier molecular flexibility index (Phi) is 6.37. The number of benzene rings is 6. The van der Waals surface area contributed by atoms with E-state index in [9.17, 15) is 0 Å². The Balaban J connectivity index is 1.45. The van der Waals surface area contributed by atoms with Gasteiger partial charge in [0.05, 0.1) is 0 Å². The summed E-state index contributed by atoms with van der Waals surface area (Å²) in [6, 6.07) is 52.0.